The largest absolute Gasteiger partial charge is 0.353 e. The SMILES string of the molecule is CC[C@H](CNC(=O)Cn1nnc2ccccc2c1=O)N1CCCC1. The molecule has 1 saturated heterocycles. The second-order valence-electron chi connectivity index (χ2n) is 6.18. The number of likely N-dealkylation sites (tertiary alicyclic amines) is 1. The van der Waals surface area contributed by atoms with Crippen LogP contribution in [0.5, 0.6) is 0 Å². The molecular formula is C17H23N5O2. The molecule has 0 unspecified atom stereocenters. The molecule has 2 heterocycles. The molecule has 1 aliphatic heterocycles. The average Bonchev–Trinajstić information content (AvgIpc) is 3.13. The molecule has 1 N–H and O–H groups in total. The lowest BCUT2D eigenvalue weighted by atomic mass is 10.2. The lowest BCUT2D eigenvalue weighted by molar-refractivity contribution is -0.122. The van der Waals surface area contributed by atoms with E-state index in [4.69, 9.17) is 0 Å². The maximum atomic E-state index is 12.3. The highest BCUT2D eigenvalue weighted by molar-refractivity contribution is 5.78. The van der Waals surface area contributed by atoms with Gasteiger partial charge in [0.1, 0.15) is 12.1 Å². The molecule has 0 bridgehead atoms. The van der Waals surface area contributed by atoms with Gasteiger partial charge in [-0.15, -0.1) is 5.10 Å². The van der Waals surface area contributed by atoms with E-state index in [1.165, 1.54) is 12.8 Å². The molecule has 1 fully saturated rings. The van der Waals surface area contributed by atoms with Gasteiger partial charge in [0.15, 0.2) is 0 Å². The van der Waals surface area contributed by atoms with E-state index < -0.39 is 0 Å². The number of carbonyl (C=O) groups is 1. The van der Waals surface area contributed by atoms with Crippen molar-refractivity contribution in [1.82, 2.24) is 25.2 Å². The number of fused-ring (bicyclic) bond motifs is 1. The molecular weight excluding hydrogens is 306 g/mol. The van der Waals surface area contributed by atoms with Gasteiger partial charge in [0.05, 0.1) is 5.39 Å². The highest BCUT2D eigenvalue weighted by Crippen LogP contribution is 2.13. The van der Waals surface area contributed by atoms with E-state index in [9.17, 15) is 9.59 Å². The Morgan fingerprint density at radius 2 is 2.04 bits per heavy atom. The number of aromatic nitrogens is 3. The summed E-state index contributed by atoms with van der Waals surface area (Å²) in [6.07, 6.45) is 3.45. The van der Waals surface area contributed by atoms with Crippen LogP contribution in [-0.2, 0) is 11.3 Å². The first-order valence-corrected chi connectivity index (χ1v) is 8.52. The van der Waals surface area contributed by atoms with E-state index >= 15 is 0 Å². The second-order valence-corrected chi connectivity index (χ2v) is 6.18. The number of carbonyl (C=O) groups excluding carboxylic acids is 1. The molecule has 1 aliphatic rings. The highest BCUT2D eigenvalue weighted by atomic mass is 16.2. The molecule has 1 aromatic carbocycles. The van der Waals surface area contributed by atoms with Crippen molar-refractivity contribution in [2.45, 2.75) is 38.8 Å². The van der Waals surface area contributed by atoms with Gasteiger partial charge in [0.2, 0.25) is 5.91 Å². The predicted molar refractivity (Wildman–Crippen MR) is 91.7 cm³/mol. The fourth-order valence-corrected chi connectivity index (χ4v) is 3.19. The van der Waals surface area contributed by atoms with Crippen LogP contribution < -0.4 is 10.9 Å². The summed E-state index contributed by atoms with van der Waals surface area (Å²) in [4.78, 5) is 26.9. The minimum Gasteiger partial charge on any atom is -0.353 e. The fraction of sp³-hybridized carbons (Fsp3) is 0.529. The summed E-state index contributed by atoms with van der Waals surface area (Å²) in [6, 6.07) is 7.36. The summed E-state index contributed by atoms with van der Waals surface area (Å²) in [7, 11) is 0. The number of nitrogens with one attached hydrogen (secondary N) is 1. The first kappa shape index (κ1) is 16.6. The first-order chi connectivity index (χ1) is 11.7. The summed E-state index contributed by atoms with van der Waals surface area (Å²) in [6.45, 7) is 4.83. The van der Waals surface area contributed by atoms with Crippen molar-refractivity contribution >= 4 is 16.8 Å². The summed E-state index contributed by atoms with van der Waals surface area (Å²) in [5.74, 6) is -0.209. The van der Waals surface area contributed by atoms with Crippen LogP contribution in [0.1, 0.15) is 26.2 Å². The number of nitrogens with zero attached hydrogens (tertiary/aromatic N) is 4. The van der Waals surface area contributed by atoms with Crippen molar-refractivity contribution in [2.24, 2.45) is 0 Å². The molecule has 1 aromatic heterocycles. The minimum absolute atomic E-state index is 0.104. The van der Waals surface area contributed by atoms with Gasteiger partial charge in [-0.1, -0.05) is 24.3 Å². The Kier molecular flexibility index (Phi) is 5.20. The Bertz CT molecular complexity index is 767. The molecule has 7 nitrogen and oxygen atoms in total. The quantitative estimate of drug-likeness (QED) is 0.847. The van der Waals surface area contributed by atoms with Crippen LogP contribution in [0.3, 0.4) is 0 Å². The molecule has 128 valence electrons. The Morgan fingerprint density at radius 3 is 2.79 bits per heavy atom. The maximum absolute atomic E-state index is 12.3. The van der Waals surface area contributed by atoms with E-state index in [0.717, 1.165) is 24.2 Å². The number of amides is 1. The van der Waals surface area contributed by atoms with Crippen molar-refractivity contribution in [3.05, 3.63) is 34.6 Å². The van der Waals surface area contributed by atoms with Crippen molar-refractivity contribution in [1.29, 1.82) is 0 Å². The smallest absolute Gasteiger partial charge is 0.278 e. The van der Waals surface area contributed by atoms with Gasteiger partial charge in [0, 0.05) is 12.6 Å². The summed E-state index contributed by atoms with van der Waals surface area (Å²) in [5.41, 5.74) is 0.251. The van der Waals surface area contributed by atoms with Crippen LogP contribution in [-0.4, -0.2) is 51.5 Å². The van der Waals surface area contributed by atoms with Gasteiger partial charge in [-0.2, -0.15) is 0 Å². The van der Waals surface area contributed by atoms with Crippen molar-refractivity contribution in [3.63, 3.8) is 0 Å². The summed E-state index contributed by atoms with van der Waals surface area (Å²) < 4.78 is 1.12. The third-order valence-corrected chi connectivity index (χ3v) is 4.59. The van der Waals surface area contributed by atoms with E-state index in [2.05, 4.69) is 27.5 Å². The van der Waals surface area contributed by atoms with Gasteiger partial charge < -0.3 is 5.32 Å². The van der Waals surface area contributed by atoms with Crippen LogP contribution in [0.4, 0.5) is 0 Å². The highest BCUT2D eigenvalue weighted by Gasteiger charge is 2.21. The molecule has 24 heavy (non-hydrogen) atoms. The number of hydrogen-bond acceptors (Lipinski definition) is 5. The Labute approximate surface area is 140 Å². The molecule has 0 saturated carbocycles. The minimum atomic E-state index is -0.290. The fourth-order valence-electron chi connectivity index (χ4n) is 3.19. The number of benzene rings is 1. The molecule has 1 amide bonds. The zero-order valence-electron chi connectivity index (χ0n) is 13.9. The third kappa shape index (κ3) is 3.62. The molecule has 0 aliphatic carbocycles. The van der Waals surface area contributed by atoms with Crippen molar-refractivity contribution in [3.8, 4) is 0 Å². The topological polar surface area (TPSA) is 80.1 Å². The normalized spacial score (nSPS) is 16.4. The Balaban J connectivity index is 1.62. The average molecular weight is 329 g/mol. The third-order valence-electron chi connectivity index (χ3n) is 4.59. The number of rotatable bonds is 6. The van der Waals surface area contributed by atoms with Gasteiger partial charge in [-0.05, 0) is 44.5 Å². The van der Waals surface area contributed by atoms with Gasteiger partial charge in [0.25, 0.3) is 5.56 Å². The van der Waals surface area contributed by atoms with E-state index in [1.807, 2.05) is 0 Å². The molecule has 0 radical (unpaired) electrons. The van der Waals surface area contributed by atoms with E-state index in [0.29, 0.717) is 23.5 Å². The van der Waals surface area contributed by atoms with Gasteiger partial charge in [-0.3, -0.25) is 14.5 Å². The monoisotopic (exact) mass is 329 g/mol. The molecule has 3 rings (SSSR count). The lowest BCUT2D eigenvalue weighted by Gasteiger charge is -2.26. The zero-order valence-corrected chi connectivity index (χ0v) is 13.9. The van der Waals surface area contributed by atoms with Crippen LogP contribution >= 0.6 is 0 Å². The summed E-state index contributed by atoms with van der Waals surface area (Å²) >= 11 is 0. The van der Waals surface area contributed by atoms with Crippen LogP contribution in [0.25, 0.3) is 10.9 Å². The standard InChI is InChI=1S/C17H23N5O2/c1-2-13(21-9-5-6-10-21)11-18-16(23)12-22-17(24)14-7-3-4-8-15(14)19-20-22/h3-4,7-8,13H,2,5-6,9-12H2,1H3,(H,18,23)/t13-/m1/s1. The zero-order chi connectivity index (χ0) is 16.9. The van der Waals surface area contributed by atoms with Crippen molar-refractivity contribution < 1.29 is 4.79 Å². The molecule has 0 spiro atoms. The molecule has 1 atom stereocenters. The number of hydrogen-bond donors (Lipinski definition) is 1. The predicted octanol–water partition coefficient (Wildman–Crippen LogP) is 0.782. The lowest BCUT2D eigenvalue weighted by Crippen LogP contribution is -2.44. The van der Waals surface area contributed by atoms with Crippen LogP contribution in [0.15, 0.2) is 29.1 Å². The summed E-state index contributed by atoms with van der Waals surface area (Å²) in [5, 5.41) is 11.3. The van der Waals surface area contributed by atoms with Crippen LogP contribution in [0, 0.1) is 0 Å². The van der Waals surface area contributed by atoms with Crippen LogP contribution in [0.2, 0.25) is 0 Å². The first-order valence-electron chi connectivity index (χ1n) is 8.52. The Hall–Kier alpha value is -2.28. The van der Waals surface area contributed by atoms with Gasteiger partial charge >= 0.3 is 0 Å². The van der Waals surface area contributed by atoms with E-state index in [-0.39, 0.29) is 18.0 Å². The maximum Gasteiger partial charge on any atom is 0.278 e. The Morgan fingerprint density at radius 1 is 1.29 bits per heavy atom. The van der Waals surface area contributed by atoms with Crippen molar-refractivity contribution in [2.75, 3.05) is 19.6 Å². The molecule has 2 aromatic rings. The van der Waals surface area contributed by atoms with E-state index in [1.54, 1.807) is 24.3 Å². The second kappa shape index (κ2) is 7.53. The van der Waals surface area contributed by atoms with Gasteiger partial charge in [-0.25, -0.2) is 4.68 Å². The molecule has 7 heteroatoms.